The molecule has 1 heterocycles. The summed E-state index contributed by atoms with van der Waals surface area (Å²) in [5.41, 5.74) is 2.05. The largest absolute Gasteiger partial charge is 0.486 e. The van der Waals surface area contributed by atoms with E-state index in [2.05, 4.69) is 16.0 Å². The molecule has 3 N–H and O–H groups in total. The number of nitrogens with one attached hydrogen (secondary N) is 3. The summed E-state index contributed by atoms with van der Waals surface area (Å²) in [5, 5.41) is 8.52. The lowest BCUT2D eigenvalue weighted by Crippen LogP contribution is -2.22. The average Bonchev–Trinajstić information content (AvgIpc) is 2.60. The Morgan fingerprint density at radius 2 is 1.64 bits per heavy atom. The molecular weight excluding hydrogens is 322 g/mol. The van der Waals surface area contributed by atoms with Crippen molar-refractivity contribution in [2.75, 3.05) is 35.7 Å². The van der Waals surface area contributed by atoms with Crippen molar-refractivity contribution in [2.45, 2.75) is 6.92 Å². The minimum atomic E-state index is -0.193. The maximum Gasteiger partial charge on any atom is 0.243 e. The number of ether oxygens (including phenoxy) is 2. The molecular formula is C18H19N3O4. The maximum absolute atomic E-state index is 12.1. The van der Waals surface area contributed by atoms with Crippen LogP contribution in [0.1, 0.15) is 6.92 Å². The third kappa shape index (κ3) is 4.63. The van der Waals surface area contributed by atoms with Crippen molar-refractivity contribution in [1.29, 1.82) is 0 Å². The number of hydrogen-bond acceptors (Lipinski definition) is 5. The molecule has 0 radical (unpaired) electrons. The van der Waals surface area contributed by atoms with E-state index in [1.807, 2.05) is 6.07 Å². The summed E-state index contributed by atoms with van der Waals surface area (Å²) in [6.45, 7) is 2.57. The average molecular weight is 341 g/mol. The first-order valence-electron chi connectivity index (χ1n) is 7.91. The lowest BCUT2D eigenvalue weighted by atomic mass is 10.2. The second kappa shape index (κ2) is 7.57. The zero-order valence-electron chi connectivity index (χ0n) is 13.8. The second-order valence-electron chi connectivity index (χ2n) is 5.52. The molecule has 0 aromatic heterocycles. The third-order valence-electron chi connectivity index (χ3n) is 3.46. The van der Waals surface area contributed by atoms with Crippen LogP contribution in [0.2, 0.25) is 0 Å². The first-order chi connectivity index (χ1) is 12.1. The van der Waals surface area contributed by atoms with Crippen LogP contribution in [-0.4, -0.2) is 31.6 Å². The molecule has 0 aliphatic carbocycles. The van der Waals surface area contributed by atoms with E-state index in [1.54, 1.807) is 36.4 Å². The molecule has 1 aliphatic rings. The third-order valence-corrected chi connectivity index (χ3v) is 3.46. The molecule has 7 nitrogen and oxygen atoms in total. The molecule has 130 valence electrons. The fourth-order valence-electron chi connectivity index (χ4n) is 2.42. The molecule has 0 unspecified atom stereocenters. The topological polar surface area (TPSA) is 88.7 Å². The number of hydrogen-bond donors (Lipinski definition) is 3. The highest BCUT2D eigenvalue weighted by Crippen LogP contribution is 2.32. The van der Waals surface area contributed by atoms with Gasteiger partial charge in [0.2, 0.25) is 11.8 Å². The van der Waals surface area contributed by atoms with Gasteiger partial charge in [-0.15, -0.1) is 0 Å². The van der Waals surface area contributed by atoms with Crippen LogP contribution in [0.25, 0.3) is 0 Å². The van der Waals surface area contributed by atoms with Gasteiger partial charge in [-0.25, -0.2) is 0 Å². The van der Waals surface area contributed by atoms with Gasteiger partial charge >= 0.3 is 0 Å². The van der Waals surface area contributed by atoms with Crippen LogP contribution in [0.15, 0.2) is 42.5 Å². The SMILES string of the molecule is CC(=O)Nc1cccc(NCC(=O)Nc2ccc3c(c2)OCCO3)c1. The normalized spacial score (nSPS) is 12.2. The van der Waals surface area contributed by atoms with Gasteiger partial charge in [0.15, 0.2) is 11.5 Å². The Labute approximate surface area is 145 Å². The predicted molar refractivity (Wildman–Crippen MR) is 95.3 cm³/mol. The molecule has 0 spiro atoms. The highest BCUT2D eigenvalue weighted by molar-refractivity contribution is 5.94. The molecule has 0 saturated heterocycles. The van der Waals surface area contributed by atoms with Crippen molar-refractivity contribution in [3.05, 3.63) is 42.5 Å². The van der Waals surface area contributed by atoms with Gasteiger partial charge in [0.25, 0.3) is 0 Å². The van der Waals surface area contributed by atoms with Crippen molar-refractivity contribution in [3.63, 3.8) is 0 Å². The molecule has 0 atom stereocenters. The van der Waals surface area contributed by atoms with Crippen LogP contribution in [0.4, 0.5) is 17.1 Å². The first kappa shape index (κ1) is 16.6. The molecule has 25 heavy (non-hydrogen) atoms. The van der Waals surface area contributed by atoms with E-state index in [1.165, 1.54) is 6.92 Å². The van der Waals surface area contributed by atoms with Gasteiger partial charge in [-0.1, -0.05) is 6.07 Å². The van der Waals surface area contributed by atoms with Gasteiger partial charge in [0.1, 0.15) is 13.2 Å². The Balaban J connectivity index is 1.55. The van der Waals surface area contributed by atoms with E-state index < -0.39 is 0 Å². The summed E-state index contributed by atoms with van der Waals surface area (Å²) < 4.78 is 10.9. The number of amides is 2. The molecule has 2 aromatic carbocycles. The van der Waals surface area contributed by atoms with E-state index in [0.717, 1.165) is 5.69 Å². The van der Waals surface area contributed by atoms with Gasteiger partial charge in [0, 0.05) is 30.1 Å². The second-order valence-corrected chi connectivity index (χ2v) is 5.52. The Bertz CT molecular complexity index is 792. The van der Waals surface area contributed by atoms with E-state index in [0.29, 0.717) is 36.1 Å². The van der Waals surface area contributed by atoms with Gasteiger partial charge in [-0.2, -0.15) is 0 Å². The molecule has 1 aliphatic heterocycles. The summed E-state index contributed by atoms with van der Waals surface area (Å²) in [5.74, 6) is 0.965. The molecule has 7 heteroatoms. The molecule has 0 saturated carbocycles. The van der Waals surface area contributed by atoms with E-state index in [-0.39, 0.29) is 18.4 Å². The van der Waals surface area contributed by atoms with Crippen LogP contribution < -0.4 is 25.4 Å². The zero-order chi connectivity index (χ0) is 17.6. The van der Waals surface area contributed by atoms with Crippen LogP contribution in [0.3, 0.4) is 0 Å². The smallest absolute Gasteiger partial charge is 0.243 e. The number of carbonyl (C=O) groups is 2. The van der Waals surface area contributed by atoms with Crippen LogP contribution in [-0.2, 0) is 9.59 Å². The minimum Gasteiger partial charge on any atom is -0.486 e. The van der Waals surface area contributed by atoms with Crippen molar-refractivity contribution in [1.82, 2.24) is 0 Å². The van der Waals surface area contributed by atoms with Crippen LogP contribution >= 0.6 is 0 Å². The fraction of sp³-hybridized carbons (Fsp3) is 0.222. The van der Waals surface area contributed by atoms with Gasteiger partial charge < -0.3 is 25.4 Å². The molecule has 2 aromatic rings. The maximum atomic E-state index is 12.1. The van der Waals surface area contributed by atoms with Crippen LogP contribution in [0, 0.1) is 0 Å². The number of rotatable bonds is 5. The van der Waals surface area contributed by atoms with Gasteiger partial charge in [-0.05, 0) is 30.3 Å². The zero-order valence-corrected chi connectivity index (χ0v) is 13.8. The quantitative estimate of drug-likeness (QED) is 0.777. The van der Waals surface area contributed by atoms with E-state index >= 15 is 0 Å². The molecule has 0 bridgehead atoms. The molecule has 3 rings (SSSR count). The van der Waals surface area contributed by atoms with E-state index in [4.69, 9.17) is 9.47 Å². The highest BCUT2D eigenvalue weighted by atomic mass is 16.6. The van der Waals surface area contributed by atoms with Crippen molar-refractivity contribution in [3.8, 4) is 11.5 Å². The van der Waals surface area contributed by atoms with Crippen molar-refractivity contribution >= 4 is 28.9 Å². The molecule has 2 amide bonds. The lowest BCUT2D eigenvalue weighted by molar-refractivity contribution is -0.115. The summed E-state index contributed by atoms with van der Waals surface area (Å²) in [4.78, 5) is 23.2. The van der Waals surface area contributed by atoms with Gasteiger partial charge in [0.05, 0.1) is 6.54 Å². The number of fused-ring (bicyclic) bond motifs is 1. The Kier molecular flexibility index (Phi) is 5.03. The standard InChI is InChI=1S/C18H19N3O4/c1-12(22)20-14-4-2-3-13(9-14)19-11-18(23)21-15-5-6-16-17(10-15)25-8-7-24-16/h2-6,9-10,19H,7-8,11H2,1H3,(H,20,22)(H,21,23). The Morgan fingerprint density at radius 1 is 0.920 bits per heavy atom. The van der Waals surface area contributed by atoms with Gasteiger partial charge in [-0.3, -0.25) is 9.59 Å². The first-order valence-corrected chi connectivity index (χ1v) is 7.91. The number of anilines is 3. The van der Waals surface area contributed by atoms with Crippen molar-refractivity contribution < 1.29 is 19.1 Å². The fourth-order valence-corrected chi connectivity index (χ4v) is 2.42. The van der Waals surface area contributed by atoms with E-state index in [9.17, 15) is 9.59 Å². The summed E-state index contributed by atoms with van der Waals surface area (Å²) in [6, 6.07) is 12.4. The van der Waals surface area contributed by atoms with Crippen molar-refractivity contribution in [2.24, 2.45) is 0 Å². The van der Waals surface area contributed by atoms with Crippen LogP contribution in [0.5, 0.6) is 11.5 Å². The monoisotopic (exact) mass is 341 g/mol. The Morgan fingerprint density at radius 3 is 2.44 bits per heavy atom. The lowest BCUT2D eigenvalue weighted by Gasteiger charge is -2.19. The molecule has 0 fully saturated rings. The summed E-state index contributed by atoms with van der Waals surface area (Å²) in [7, 11) is 0. The Hall–Kier alpha value is -3.22. The predicted octanol–water partition coefficient (Wildman–Crippen LogP) is 2.47. The number of carbonyl (C=O) groups excluding carboxylic acids is 2. The minimum absolute atomic E-state index is 0.0952. The summed E-state index contributed by atoms with van der Waals surface area (Å²) in [6.07, 6.45) is 0. The summed E-state index contributed by atoms with van der Waals surface area (Å²) >= 11 is 0. The number of benzene rings is 2. The highest BCUT2D eigenvalue weighted by Gasteiger charge is 2.12.